The molecule has 0 amide bonds. The van der Waals surface area contributed by atoms with Gasteiger partial charge in [0.1, 0.15) is 11.2 Å². The highest BCUT2D eigenvalue weighted by Crippen LogP contribution is 2.38. The summed E-state index contributed by atoms with van der Waals surface area (Å²) in [5.41, 5.74) is 9.26. The highest BCUT2D eigenvalue weighted by molar-refractivity contribution is 6.19. The summed E-state index contributed by atoms with van der Waals surface area (Å²) >= 11 is 0. The summed E-state index contributed by atoms with van der Waals surface area (Å²) in [6.07, 6.45) is 8.54. The fourth-order valence-electron chi connectivity index (χ4n) is 6.62. The topological polar surface area (TPSA) is 51.8 Å². The van der Waals surface area contributed by atoms with Gasteiger partial charge in [-0.15, -0.1) is 0 Å². The van der Waals surface area contributed by atoms with Gasteiger partial charge in [0, 0.05) is 27.5 Å². The van der Waals surface area contributed by atoms with Gasteiger partial charge in [-0.25, -0.2) is 15.0 Å². The predicted molar refractivity (Wildman–Crippen MR) is 193 cm³/mol. The third-order valence-corrected chi connectivity index (χ3v) is 8.98. The van der Waals surface area contributed by atoms with Crippen molar-refractivity contribution in [2.75, 3.05) is 0 Å². The average Bonchev–Trinajstić information content (AvgIpc) is 3.54. The molecule has 47 heavy (non-hydrogen) atoms. The van der Waals surface area contributed by atoms with Gasteiger partial charge in [-0.1, -0.05) is 133 Å². The van der Waals surface area contributed by atoms with Crippen LogP contribution < -0.4 is 0 Å². The van der Waals surface area contributed by atoms with Crippen LogP contribution in [0, 0.1) is 0 Å². The maximum absolute atomic E-state index is 6.24. The quantitative estimate of drug-likeness (QED) is 0.196. The van der Waals surface area contributed by atoms with Crippen LogP contribution >= 0.6 is 0 Å². The van der Waals surface area contributed by atoms with Crippen LogP contribution in [0.4, 0.5) is 0 Å². The number of aromatic nitrogens is 3. The highest BCUT2D eigenvalue weighted by atomic mass is 16.3. The molecule has 0 saturated heterocycles. The smallest absolute Gasteiger partial charge is 0.164 e. The molecule has 0 spiro atoms. The van der Waals surface area contributed by atoms with E-state index in [1.165, 1.54) is 10.8 Å². The van der Waals surface area contributed by atoms with Crippen molar-refractivity contribution in [2.45, 2.75) is 12.8 Å². The second kappa shape index (κ2) is 11.3. The van der Waals surface area contributed by atoms with Crippen LogP contribution in [0.25, 0.3) is 83.3 Å². The van der Waals surface area contributed by atoms with E-state index in [4.69, 9.17) is 19.4 Å². The average molecular weight is 604 g/mol. The first-order valence-corrected chi connectivity index (χ1v) is 16.0. The fourth-order valence-corrected chi connectivity index (χ4v) is 6.62. The number of rotatable bonds is 5. The maximum atomic E-state index is 6.24. The molecule has 2 aromatic heterocycles. The van der Waals surface area contributed by atoms with E-state index in [-0.39, 0.29) is 0 Å². The molecular weight excluding hydrogens is 574 g/mol. The molecule has 0 saturated carbocycles. The zero-order chi connectivity index (χ0) is 31.2. The Hall–Kier alpha value is -6.13. The number of hydrogen-bond donors (Lipinski definition) is 0. The Morgan fingerprint density at radius 2 is 1.17 bits per heavy atom. The van der Waals surface area contributed by atoms with Crippen LogP contribution in [-0.4, -0.2) is 15.0 Å². The van der Waals surface area contributed by atoms with E-state index in [0.717, 1.165) is 73.7 Å². The molecule has 2 heterocycles. The summed E-state index contributed by atoms with van der Waals surface area (Å²) in [5, 5.41) is 4.72. The Balaban J connectivity index is 1.12. The molecule has 4 heteroatoms. The number of benzene rings is 6. The molecule has 0 aliphatic heterocycles. The summed E-state index contributed by atoms with van der Waals surface area (Å²) in [6.45, 7) is 0. The normalized spacial score (nSPS) is 13.0. The standard InChI is InChI=1S/C43H29N3O/c1-3-12-31(13-4-1)41-44-42(32-14-5-2-6-15-32)46-43(45-41)36-18-10-9-16-34(36)30-21-19-28(20-22-30)33-24-25-38-37(27-33)40-35-17-8-7-11-29(35)23-26-39(40)47-38/h1,3-5,7-27H,2,6H2. The lowest BCUT2D eigenvalue weighted by Gasteiger charge is -2.13. The second-order valence-electron chi connectivity index (χ2n) is 11.9. The molecule has 9 rings (SSSR count). The molecule has 0 fully saturated rings. The van der Waals surface area contributed by atoms with Crippen molar-refractivity contribution in [1.82, 2.24) is 15.0 Å². The molecule has 0 bridgehead atoms. The van der Waals surface area contributed by atoms with Crippen LogP contribution in [0.3, 0.4) is 0 Å². The minimum Gasteiger partial charge on any atom is -0.456 e. The van der Waals surface area contributed by atoms with E-state index in [1.54, 1.807) is 0 Å². The summed E-state index contributed by atoms with van der Waals surface area (Å²) in [6, 6.07) is 46.4. The SMILES string of the molecule is C1=CC(c2nc(-c3ccccc3)nc(-c3ccccc3-c3ccc(-c4ccc5oc6ccc7ccccc7c6c5c4)cc3)n2)=CCC1. The molecule has 6 aromatic carbocycles. The minimum atomic E-state index is 0.665. The van der Waals surface area contributed by atoms with Crippen molar-refractivity contribution in [3.05, 3.63) is 158 Å². The summed E-state index contributed by atoms with van der Waals surface area (Å²) < 4.78 is 6.24. The summed E-state index contributed by atoms with van der Waals surface area (Å²) in [4.78, 5) is 14.9. The second-order valence-corrected chi connectivity index (χ2v) is 11.9. The van der Waals surface area contributed by atoms with Gasteiger partial charge in [-0.3, -0.25) is 0 Å². The van der Waals surface area contributed by atoms with E-state index < -0.39 is 0 Å². The molecule has 8 aromatic rings. The molecule has 222 valence electrons. The maximum Gasteiger partial charge on any atom is 0.164 e. The van der Waals surface area contributed by atoms with Crippen molar-refractivity contribution in [3.63, 3.8) is 0 Å². The van der Waals surface area contributed by atoms with Gasteiger partial charge in [0.25, 0.3) is 0 Å². The largest absolute Gasteiger partial charge is 0.456 e. The van der Waals surface area contributed by atoms with Crippen LogP contribution in [-0.2, 0) is 0 Å². The van der Waals surface area contributed by atoms with Crippen molar-refractivity contribution in [2.24, 2.45) is 0 Å². The molecule has 1 aliphatic carbocycles. The van der Waals surface area contributed by atoms with Crippen molar-refractivity contribution in [3.8, 4) is 45.0 Å². The lowest BCUT2D eigenvalue weighted by atomic mass is 9.95. The van der Waals surface area contributed by atoms with Crippen LogP contribution in [0.15, 0.2) is 156 Å². The predicted octanol–water partition coefficient (Wildman–Crippen LogP) is 11.3. The third kappa shape index (κ3) is 4.91. The number of allylic oxidation sites excluding steroid dienone is 4. The molecule has 1 aliphatic rings. The van der Waals surface area contributed by atoms with Crippen LogP contribution in [0.2, 0.25) is 0 Å². The zero-order valence-electron chi connectivity index (χ0n) is 25.6. The summed E-state index contributed by atoms with van der Waals surface area (Å²) in [5.74, 6) is 2.04. The third-order valence-electron chi connectivity index (χ3n) is 8.98. The minimum absolute atomic E-state index is 0.665. The Morgan fingerprint density at radius 3 is 2.02 bits per heavy atom. The molecule has 0 N–H and O–H groups in total. The van der Waals surface area contributed by atoms with Crippen molar-refractivity contribution < 1.29 is 4.42 Å². The first-order chi connectivity index (χ1) is 23.3. The first-order valence-electron chi connectivity index (χ1n) is 16.0. The van der Waals surface area contributed by atoms with Crippen LogP contribution in [0.5, 0.6) is 0 Å². The molecule has 4 nitrogen and oxygen atoms in total. The Morgan fingerprint density at radius 1 is 0.468 bits per heavy atom. The molecular formula is C43H29N3O. The zero-order valence-corrected chi connectivity index (χ0v) is 25.6. The molecule has 0 atom stereocenters. The van der Waals surface area contributed by atoms with Gasteiger partial charge in [0.15, 0.2) is 17.5 Å². The monoisotopic (exact) mass is 603 g/mol. The fraction of sp³-hybridized carbons (Fsp3) is 0.0465. The molecule has 0 radical (unpaired) electrons. The Bertz CT molecular complexity index is 2510. The first kappa shape index (κ1) is 27.2. The highest BCUT2D eigenvalue weighted by Gasteiger charge is 2.17. The number of nitrogens with zero attached hydrogens (tertiary/aromatic N) is 3. The van der Waals surface area contributed by atoms with E-state index >= 15 is 0 Å². The van der Waals surface area contributed by atoms with Crippen LogP contribution in [0.1, 0.15) is 18.7 Å². The molecule has 0 unspecified atom stereocenters. The number of hydrogen-bond acceptors (Lipinski definition) is 4. The summed E-state index contributed by atoms with van der Waals surface area (Å²) in [7, 11) is 0. The van der Waals surface area contributed by atoms with Gasteiger partial charge >= 0.3 is 0 Å². The number of fused-ring (bicyclic) bond motifs is 5. The van der Waals surface area contributed by atoms with Gasteiger partial charge in [-0.05, 0) is 64.1 Å². The Kier molecular flexibility index (Phi) is 6.57. The van der Waals surface area contributed by atoms with E-state index in [1.807, 2.05) is 36.4 Å². The van der Waals surface area contributed by atoms with E-state index in [2.05, 4.69) is 115 Å². The van der Waals surface area contributed by atoms with E-state index in [0.29, 0.717) is 17.5 Å². The van der Waals surface area contributed by atoms with Gasteiger partial charge in [0.2, 0.25) is 0 Å². The van der Waals surface area contributed by atoms with Crippen molar-refractivity contribution >= 4 is 38.3 Å². The Labute approximate surface area is 272 Å². The lowest BCUT2D eigenvalue weighted by molar-refractivity contribution is 0.669. The number of furan rings is 1. The van der Waals surface area contributed by atoms with Gasteiger partial charge in [-0.2, -0.15) is 0 Å². The van der Waals surface area contributed by atoms with Crippen molar-refractivity contribution in [1.29, 1.82) is 0 Å². The van der Waals surface area contributed by atoms with E-state index in [9.17, 15) is 0 Å². The van der Waals surface area contributed by atoms with Gasteiger partial charge in [0.05, 0.1) is 0 Å². The lowest BCUT2D eigenvalue weighted by Crippen LogP contribution is -2.03. The van der Waals surface area contributed by atoms with Gasteiger partial charge < -0.3 is 4.42 Å².